The van der Waals surface area contributed by atoms with Gasteiger partial charge in [-0.1, -0.05) is 41.6 Å². The predicted molar refractivity (Wildman–Crippen MR) is 89.3 cm³/mol. The van der Waals surface area contributed by atoms with Crippen LogP contribution in [-0.2, 0) is 0 Å². The summed E-state index contributed by atoms with van der Waals surface area (Å²) in [5.74, 6) is 0. The quantitative estimate of drug-likeness (QED) is 0.517. The van der Waals surface area contributed by atoms with E-state index in [1.165, 1.54) is 15.4 Å². The summed E-state index contributed by atoms with van der Waals surface area (Å²) in [7, 11) is 0. The van der Waals surface area contributed by atoms with E-state index in [0.29, 0.717) is 0 Å². The summed E-state index contributed by atoms with van der Waals surface area (Å²) in [5, 5.41) is 4.08. The molecule has 0 aliphatic heterocycles. The van der Waals surface area contributed by atoms with Crippen LogP contribution in [0, 0.1) is 6.92 Å². The Morgan fingerprint density at radius 1 is 1.10 bits per heavy atom. The molecule has 0 saturated carbocycles. The Morgan fingerprint density at radius 3 is 2.20 bits per heavy atom. The van der Waals surface area contributed by atoms with Crippen molar-refractivity contribution in [2.45, 2.75) is 16.7 Å². The van der Waals surface area contributed by atoms with Gasteiger partial charge in [-0.3, -0.25) is 5.43 Å². The zero-order chi connectivity index (χ0) is 14.4. The first-order valence-corrected chi connectivity index (χ1v) is 7.29. The van der Waals surface area contributed by atoms with E-state index in [9.17, 15) is 0 Å². The van der Waals surface area contributed by atoms with Gasteiger partial charge in [0.15, 0.2) is 5.11 Å². The van der Waals surface area contributed by atoms with Crippen LogP contribution in [0.25, 0.3) is 0 Å². The topological polar surface area (TPSA) is 50.4 Å². The molecule has 0 atom stereocenters. The first-order valence-electron chi connectivity index (χ1n) is 6.06. The average molecular weight is 301 g/mol. The average Bonchev–Trinajstić information content (AvgIpc) is 2.43. The molecule has 0 aliphatic carbocycles. The van der Waals surface area contributed by atoms with Crippen molar-refractivity contribution >= 4 is 35.3 Å². The van der Waals surface area contributed by atoms with Gasteiger partial charge in [-0.05, 0) is 49.0 Å². The lowest BCUT2D eigenvalue weighted by Crippen LogP contribution is -2.23. The fourth-order valence-electron chi connectivity index (χ4n) is 1.53. The molecule has 0 unspecified atom stereocenters. The SMILES string of the molecule is Cc1ccc(Sc2ccc(/C=N\NC(N)=S)cc2)cc1. The third-order valence-electron chi connectivity index (χ3n) is 2.53. The summed E-state index contributed by atoms with van der Waals surface area (Å²) < 4.78 is 0. The number of hydrogen-bond donors (Lipinski definition) is 2. The molecule has 0 aliphatic rings. The van der Waals surface area contributed by atoms with Crippen LogP contribution in [-0.4, -0.2) is 11.3 Å². The molecule has 20 heavy (non-hydrogen) atoms. The maximum absolute atomic E-state index is 5.28. The van der Waals surface area contributed by atoms with Gasteiger partial charge < -0.3 is 5.73 Å². The molecule has 0 radical (unpaired) electrons. The number of thiocarbonyl (C=S) groups is 1. The number of nitrogens with two attached hydrogens (primary N) is 1. The molecular weight excluding hydrogens is 286 g/mol. The van der Waals surface area contributed by atoms with Crippen LogP contribution in [0.1, 0.15) is 11.1 Å². The van der Waals surface area contributed by atoms with E-state index in [1.54, 1.807) is 18.0 Å². The number of aryl methyl sites for hydroxylation is 1. The van der Waals surface area contributed by atoms with Crippen molar-refractivity contribution < 1.29 is 0 Å². The van der Waals surface area contributed by atoms with Crippen LogP contribution in [0.15, 0.2) is 63.4 Å². The molecule has 2 aromatic rings. The third kappa shape index (κ3) is 4.68. The Morgan fingerprint density at radius 2 is 1.65 bits per heavy atom. The molecule has 2 aromatic carbocycles. The minimum absolute atomic E-state index is 0.160. The fraction of sp³-hybridized carbons (Fsp3) is 0.0667. The number of benzene rings is 2. The number of nitrogens with zero attached hydrogens (tertiary/aromatic N) is 1. The van der Waals surface area contributed by atoms with Crippen molar-refractivity contribution in [2.24, 2.45) is 10.8 Å². The van der Waals surface area contributed by atoms with Gasteiger partial charge in [0.25, 0.3) is 0 Å². The van der Waals surface area contributed by atoms with Crippen LogP contribution in [0.5, 0.6) is 0 Å². The highest BCUT2D eigenvalue weighted by atomic mass is 32.2. The van der Waals surface area contributed by atoms with Crippen molar-refractivity contribution in [3.8, 4) is 0 Å². The Labute approximate surface area is 128 Å². The number of nitrogens with one attached hydrogen (secondary N) is 1. The molecule has 3 N–H and O–H groups in total. The van der Waals surface area contributed by atoms with Crippen molar-refractivity contribution in [3.63, 3.8) is 0 Å². The smallest absolute Gasteiger partial charge is 0.184 e. The summed E-state index contributed by atoms with van der Waals surface area (Å²) in [5.41, 5.74) is 10.1. The second-order valence-electron chi connectivity index (χ2n) is 4.22. The molecule has 0 saturated heterocycles. The molecule has 0 amide bonds. The van der Waals surface area contributed by atoms with Gasteiger partial charge in [0.2, 0.25) is 0 Å². The van der Waals surface area contributed by atoms with Crippen LogP contribution in [0.2, 0.25) is 0 Å². The number of hydrazone groups is 1. The molecule has 0 bridgehead atoms. The van der Waals surface area contributed by atoms with Crippen molar-refractivity contribution in [1.82, 2.24) is 5.43 Å². The van der Waals surface area contributed by atoms with E-state index < -0.39 is 0 Å². The van der Waals surface area contributed by atoms with Crippen LogP contribution < -0.4 is 11.2 Å². The van der Waals surface area contributed by atoms with Gasteiger partial charge in [0.05, 0.1) is 6.21 Å². The number of hydrogen-bond acceptors (Lipinski definition) is 3. The van der Waals surface area contributed by atoms with E-state index in [-0.39, 0.29) is 5.11 Å². The lowest BCUT2D eigenvalue weighted by Gasteiger charge is -2.02. The molecule has 5 heteroatoms. The summed E-state index contributed by atoms with van der Waals surface area (Å²) in [4.78, 5) is 2.42. The van der Waals surface area contributed by atoms with E-state index >= 15 is 0 Å². The largest absolute Gasteiger partial charge is 0.375 e. The van der Waals surface area contributed by atoms with Crippen LogP contribution in [0.3, 0.4) is 0 Å². The highest BCUT2D eigenvalue weighted by Crippen LogP contribution is 2.27. The molecule has 0 aromatic heterocycles. The minimum atomic E-state index is 0.160. The normalized spacial score (nSPS) is 10.7. The highest BCUT2D eigenvalue weighted by Gasteiger charge is 1.97. The van der Waals surface area contributed by atoms with E-state index in [0.717, 1.165) is 5.56 Å². The summed E-state index contributed by atoms with van der Waals surface area (Å²) >= 11 is 6.40. The van der Waals surface area contributed by atoms with Crippen LogP contribution >= 0.6 is 24.0 Å². The first-order chi connectivity index (χ1) is 9.63. The molecule has 3 nitrogen and oxygen atoms in total. The molecule has 102 valence electrons. The van der Waals surface area contributed by atoms with Crippen molar-refractivity contribution in [2.75, 3.05) is 0 Å². The van der Waals surface area contributed by atoms with Gasteiger partial charge in [-0.25, -0.2) is 0 Å². The third-order valence-corrected chi connectivity index (χ3v) is 3.63. The highest BCUT2D eigenvalue weighted by molar-refractivity contribution is 7.99. The first kappa shape index (κ1) is 14.6. The Bertz CT molecular complexity index is 604. The van der Waals surface area contributed by atoms with Gasteiger partial charge in [0, 0.05) is 9.79 Å². The molecule has 0 fully saturated rings. The molecule has 0 heterocycles. The Hall–Kier alpha value is -1.85. The van der Waals surface area contributed by atoms with E-state index in [4.69, 9.17) is 5.73 Å². The van der Waals surface area contributed by atoms with Gasteiger partial charge in [-0.15, -0.1) is 0 Å². The van der Waals surface area contributed by atoms with Gasteiger partial charge in [-0.2, -0.15) is 5.10 Å². The van der Waals surface area contributed by atoms with Gasteiger partial charge >= 0.3 is 0 Å². The lowest BCUT2D eigenvalue weighted by atomic mass is 10.2. The number of rotatable bonds is 4. The second kappa shape index (κ2) is 7.07. The monoisotopic (exact) mass is 301 g/mol. The Balaban J connectivity index is 1.99. The lowest BCUT2D eigenvalue weighted by molar-refractivity contribution is 1.04. The zero-order valence-electron chi connectivity index (χ0n) is 11.0. The predicted octanol–water partition coefficient (Wildman–Crippen LogP) is 3.31. The zero-order valence-corrected chi connectivity index (χ0v) is 12.7. The van der Waals surface area contributed by atoms with E-state index in [2.05, 4.69) is 66.1 Å². The molecular formula is C15H15N3S2. The summed E-state index contributed by atoms with van der Waals surface area (Å²) in [6.45, 7) is 2.09. The Kier molecular flexibility index (Phi) is 5.15. The fourth-order valence-corrected chi connectivity index (χ4v) is 2.40. The standard InChI is InChI=1S/C15H15N3S2/c1-11-2-6-13(7-3-11)20-14-8-4-12(5-9-14)10-17-18-15(16)19/h2-10H,1H3,(H3,16,18,19)/b17-10-. The minimum Gasteiger partial charge on any atom is -0.375 e. The maximum atomic E-state index is 5.28. The van der Waals surface area contributed by atoms with E-state index in [1.807, 2.05) is 12.1 Å². The summed E-state index contributed by atoms with van der Waals surface area (Å²) in [6, 6.07) is 16.6. The molecule has 0 spiro atoms. The molecule has 2 rings (SSSR count). The van der Waals surface area contributed by atoms with Gasteiger partial charge in [0.1, 0.15) is 0 Å². The second-order valence-corrected chi connectivity index (χ2v) is 5.81. The van der Waals surface area contributed by atoms with Crippen molar-refractivity contribution in [3.05, 3.63) is 59.7 Å². The summed E-state index contributed by atoms with van der Waals surface area (Å²) in [6.07, 6.45) is 1.68. The maximum Gasteiger partial charge on any atom is 0.184 e. The van der Waals surface area contributed by atoms with Crippen molar-refractivity contribution in [1.29, 1.82) is 0 Å². The van der Waals surface area contributed by atoms with Crippen LogP contribution in [0.4, 0.5) is 0 Å².